The minimum absolute atomic E-state index is 0. The highest BCUT2D eigenvalue weighted by Crippen LogP contribution is 2.28. The number of aliphatic imine (C=N–C) groups is 1. The normalized spacial score (nSPS) is 19.5. The van der Waals surface area contributed by atoms with Crippen molar-refractivity contribution in [3.05, 3.63) is 0 Å². The second-order valence-corrected chi connectivity index (χ2v) is 8.25. The predicted molar refractivity (Wildman–Crippen MR) is 130 cm³/mol. The number of hydrogen-bond acceptors (Lipinski definition) is 4. The van der Waals surface area contributed by atoms with E-state index in [-0.39, 0.29) is 30.1 Å². The maximum Gasteiger partial charge on any atom is 0.225 e. The summed E-state index contributed by atoms with van der Waals surface area (Å²) in [6.45, 7) is 13.6. The van der Waals surface area contributed by atoms with Gasteiger partial charge in [-0.25, -0.2) is 0 Å². The van der Waals surface area contributed by atoms with Gasteiger partial charge in [-0.3, -0.25) is 14.7 Å². The van der Waals surface area contributed by atoms with Gasteiger partial charge in [-0.2, -0.15) is 0 Å². The molecule has 1 unspecified atom stereocenters. The Morgan fingerprint density at radius 1 is 1.14 bits per heavy atom. The van der Waals surface area contributed by atoms with E-state index in [4.69, 9.17) is 4.74 Å². The summed E-state index contributed by atoms with van der Waals surface area (Å²) in [5.41, 5.74) is 0. The molecular weight excluding hydrogens is 481 g/mol. The second-order valence-electron chi connectivity index (χ2n) is 8.25. The number of piperazine rings is 1. The van der Waals surface area contributed by atoms with Gasteiger partial charge in [0, 0.05) is 65.4 Å². The molecule has 1 heterocycles. The summed E-state index contributed by atoms with van der Waals surface area (Å²) in [5, 5.41) is 6.78. The van der Waals surface area contributed by atoms with Gasteiger partial charge in [0.25, 0.3) is 0 Å². The van der Waals surface area contributed by atoms with E-state index >= 15 is 0 Å². The first-order valence-electron chi connectivity index (χ1n) is 11.1. The van der Waals surface area contributed by atoms with Crippen molar-refractivity contribution in [3.63, 3.8) is 0 Å². The van der Waals surface area contributed by atoms with Gasteiger partial charge < -0.3 is 20.3 Å². The maximum atomic E-state index is 12.3. The van der Waals surface area contributed by atoms with E-state index in [1.807, 2.05) is 14.0 Å². The lowest BCUT2D eigenvalue weighted by Crippen LogP contribution is -2.52. The molecule has 29 heavy (non-hydrogen) atoms. The Bertz CT molecular complexity index is 491. The lowest BCUT2D eigenvalue weighted by atomic mass is 9.84. The second kappa shape index (κ2) is 14.4. The summed E-state index contributed by atoms with van der Waals surface area (Å²) in [7, 11) is 1.81. The van der Waals surface area contributed by atoms with Gasteiger partial charge in [0.05, 0.1) is 6.10 Å². The molecule has 1 saturated carbocycles. The van der Waals surface area contributed by atoms with E-state index in [2.05, 4.69) is 39.3 Å². The third-order valence-corrected chi connectivity index (χ3v) is 5.93. The first-order valence-corrected chi connectivity index (χ1v) is 11.1. The Labute approximate surface area is 194 Å². The van der Waals surface area contributed by atoms with Gasteiger partial charge in [-0.1, -0.05) is 20.3 Å². The van der Waals surface area contributed by atoms with Crippen molar-refractivity contribution in [3.8, 4) is 0 Å². The average Bonchev–Trinajstić information content (AvgIpc) is 2.65. The zero-order chi connectivity index (χ0) is 20.4. The van der Waals surface area contributed by atoms with Crippen molar-refractivity contribution in [1.82, 2.24) is 20.4 Å². The van der Waals surface area contributed by atoms with Crippen LogP contribution in [0.15, 0.2) is 4.99 Å². The van der Waals surface area contributed by atoms with E-state index in [0.29, 0.717) is 17.7 Å². The summed E-state index contributed by atoms with van der Waals surface area (Å²) < 4.78 is 5.80. The molecule has 0 aromatic carbocycles. The van der Waals surface area contributed by atoms with Crippen LogP contribution in [0, 0.1) is 11.8 Å². The van der Waals surface area contributed by atoms with E-state index in [1.165, 1.54) is 6.42 Å². The molecule has 2 aliphatic rings. The number of nitrogens with zero attached hydrogens (tertiary/aromatic N) is 3. The predicted octanol–water partition coefficient (Wildman–Crippen LogP) is 2.16. The molecule has 0 bridgehead atoms. The number of ether oxygens (including phenoxy) is 1. The minimum atomic E-state index is 0. The van der Waals surface area contributed by atoms with Gasteiger partial charge in [0.1, 0.15) is 0 Å². The number of guanidine groups is 1. The topological polar surface area (TPSA) is 69.2 Å². The molecule has 1 aliphatic heterocycles. The summed E-state index contributed by atoms with van der Waals surface area (Å²) in [4.78, 5) is 21.1. The quantitative estimate of drug-likeness (QED) is 0.261. The Morgan fingerprint density at radius 3 is 2.31 bits per heavy atom. The number of halogens is 1. The molecule has 1 amide bonds. The fraction of sp³-hybridized carbons (Fsp3) is 0.905. The molecule has 0 aromatic heterocycles. The molecule has 0 aromatic rings. The molecule has 7 nitrogen and oxygen atoms in total. The molecular formula is C21H42IN5O2. The Morgan fingerprint density at radius 2 is 1.79 bits per heavy atom. The van der Waals surface area contributed by atoms with Crippen LogP contribution in [0.2, 0.25) is 0 Å². The van der Waals surface area contributed by atoms with E-state index in [9.17, 15) is 4.79 Å². The fourth-order valence-electron chi connectivity index (χ4n) is 3.81. The lowest BCUT2D eigenvalue weighted by molar-refractivity contribution is -0.139. The number of nitrogens with one attached hydrogen (secondary N) is 2. The van der Waals surface area contributed by atoms with Gasteiger partial charge >= 0.3 is 0 Å². The van der Waals surface area contributed by atoms with Crippen LogP contribution in [0.25, 0.3) is 0 Å². The van der Waals surface area contributed by atoms with Crippen molar-refractivity contribution in [2.45, 2.75) is 52.6 Å². The molecule has 1 aliphatic carbocycles. The molecule has 1 atom stereocenters. The van der Waals surface area contributed by atoms with E-state index in [1.54, 1.807) is 0 Å². The number of hydrogen-bond donors (Lipinski definition) is 2. The van der Waals surface area contributed by atoms with Gasteiger partial charge in [-0.15, -0.1) is 24.0 Å². The third kappa shape index (κ3) is 8.96. The summed E-state index contributed by atoms with van der Waals surface area (Å²) in [6, 6.07) is 0. The van der Waals surface area contributed by atoms with Crippen molar-refractivity contribution in [2.24, 2.45) is 16.8 Å². The van der Waals surface area contributed by atoms with Crippen LogP contribution in [0.4, 0.5) is 0 Å². The van der Waals surface area contributed by atoms with Gasteiger partial charge in [0.15, 0.2) is 5.96 Å². The molecule has 0 radical (unpaired) electrons. The SMILES string of the molecule is CCOC(CCNC(=NC)NCCN1CCN(C(=O)C2CCC2)CC1)C(C)C.I. The largest absolute Gasteiger partial charge is 0.378 e. The van der Waals surface area contributed by atoms with E-state index < -0.39 is 0 Å². The Hall–Kier alpha value is -0.610. The molecule has 1 saturated heterocycles. The fourth-order valence-corrected chi connectivity index (χ4v) is 3.81. The maximum absolute atomic E-state index is 12.3. The number of carbonyl (C=O) groups excluding carboxylic acids is 1. The summed E-state index contributed by atoms with van der Waals surface area (Å²) >= 11 is 0. The number of carbonyl (C=O) groups is 1. The molecule has 2 rings (SSSR count). The van der Waals surface area contributed by atoms with Crippen LogP contribution >= 0.6 is 24.0 Å². The highest BCUT2D eigenvalue weighted by Gasteiger charge is 2.30. The Balaban J connectivity index is 0.00000420. The molecule has 8 heteroatoms. The zero-order valence-electron chi connectivity index (χ0n) is 18.8. The molecule has 170 valence electrons. The minimum Gasteiger partial charge on any atom is -0.378 e. The number of amides is 1. The standard InChI is InChI=1S/C21H41N5O2.HI/c1-5-28-19(17(2)3)9-10-23-21(22-4)24-11-12-25-13-15-26(16-14-25)20(27)18-7-6-8-18;/h17-19H,5-16H2,1-4H3,(H2,22,23,24);1H. The van der Waals surface area contributed by atoms with Gasteiger partial charge in [0.2, 0.25) is 5.91 Å². The first kappa shape index (κ1) is 26.4. The Kier molecular flexibility index (Phi) is 13.1. The van der Waals surface area contributed by atoms with Gasteiger partial charge in [-0.05, 0) is 32.1 Å². The lowest BCUT2D eigenvalue weighted by Gasteiger charge is -2.38. The molecule has 2 fully saturated rings. The highest BCUT2D eigenvalue weighted by atomic mass is 127. The van der Waals surface area contributed by atoms with Crippen LogP contribution < -0.4 is 10.6 Å². The molecule has 0 spiro atoms. The van der Waals surface area contributed by atoms with Crippen molar-refractivity contribution in [2.75, 3.05) is 59.5 Å². The zero-order valence-corrected chi connectivity index (χ0v) is 21.1. The smallest absolute Gasteiger partial charge is 0.225 e. The van der Waals surface area contributed by atoms with Crippen LogP contribution in [0.1, 0.15) is 46.5 Å². The first-order chi connectivity index (χ1) is 13.5. The van der Waals surface area contributed by atoms with Crippen molar-refractivity contribution >= 4 is 35.8 Å². The van der Waals surface area contributed by atoms with Crippen molar-refractivity contribution in [1.29, 1.82) is 0 Å². The van der Waals surface area contributed by atoms with Crippen LogP contribution in [0.3, 0.4) is 0 Å². The monoisotopic (exact) mass is 523 g/mol. The third-order valence-electron chi connectivity index (χ3n) is 5.93. The highest BCUT2D eigenvalue weighted by molar-refractivity contribution is 14.0. The van der Waals surface area contributed by atoms with Crippen LogP contribution in [-0.4, -0.2) is 87.2 Å². The summed E-state index contributed by atoms with van der Waals surface area (Å²) in [5.74, 6) is 2.07. The van der Waals surface area contributed by atoms with E-state index in [0.717, 1.165) is 77.6 Å². The number of rotatable bonds is 10. The average molecular weight is 524 g/mol. The molecule has 2 N–H and O–H groups in total. The van der Waals surface area contributed by atoms with Crippen LogP contribution in [-0.2, 0) is 9.53 Å². The van der Waals surface area contributed by atoms with Crippen LogP contribution in [0.5, 0.6) is 0 Å². The van der Waals surface area contributed by atoms with Crippen molar-refractivity contribution < 1.29 is 9.53 Å². The summed E-state index contributed by atoms with van der Waals surface area (Å²) in [6.07, 6.45) is 4.68.